The summed E-state index contributed by atoms with van der Waals surface area (Å²) in [5.74, 6) is -0.613. The van der Waals surface area contributed by atoms with E-state index < -0.39 is 0 Å². The molecule has 0 heterocycles. The highest BCUT2D eigenvalue weighted by atomic mass is 16.5. The molecule has 1 aliphatic carbocycles. The Bertz CT molecular complexity index is 273. The van der Waals surface area contributed by atoms with Crippen LogP contribution in [0.3, 0.4) is 0 Å². The molecule has 17 heavy (non-hydrogen) atoms. The van der Waals surface area contributed by atoms with Crippen molar-refractivity contribution < 1.29 is 19.1 Å². The average molecular weight is 242 g/mol. The molecule has 2 unspecified atom stereocenters. The first-order chi connectivity index (χ1) is 8.04. The fourth-order valence-electron chi connectivity index (χ4n) is 2.21. The second-order valence-electron chi connectivity index (χ2n) is 4.80. The molecule has 4 nitrogen and oxygen atoms in total. The standard InChI is InChI=1S/C13H22O4/c1-4-16-12(14)10-6-5-7-11(8-10)13(15)17-9(2)3/h9-11H,4-8H2,1-3H3. The van der Waals surface area contributed by atoms with Gasteiger partial charge in [-0.05, 0) is 40.0 Å². The topological polar surface area (TPSA) is 52.6 Å². The van der Waals surface area contributed by atoms with Gasteiger partial charge in [-0.2, -0.15) is 0 Å². The van der Waals surface area contributed by atoms with Crippen LogP contribution in [0.1, 0.15) is 46.5 Å². The fraction of sp³-hybridized carbons (Fsp3) is 0.846. The van der Waals surface area contributed by atoms with Crippen LogP contribution >= 0.6 is 0 Å². The number of esters is 2. The molecule has 0 bridgehead atoms. The van der Waals surface area contributed by atoms with Crippen molar-refractivity contribution in [2.24, 2.45) is 11.8 Å². The molecule has 0 amide bonds. The van der Waals surface area contributed by atoms with Gasteiger partial charge in [0.2, 0.25) is 0 Å². The summed E-state index contributed by atoms with van der Waals surface area (Å²) in [5, 5.41) is 0. The molecule has 0 spiro atoms. The first-order valence-corrected chi connectivity index (χ1v) is 6.41. The van der Waals surface area contributed by atoms with E-state index in [-0.39, 0.29) is 29.9 Å². The quantitative estimate of drug-likeness (QED) is 0.710. The molecular weight excluding hydrogens is 220 g/mol. The molecule has 0 aromatic rings. The molecule has 0 N–H and O–H groups in total. The predicted molar refractivity (Wildman–Crippen MR) is 63.3 cm³/mol. The van der Waals surface area contributed by atoms with Crippen LogP contribution in [-0.4, -0.2) is 24.6 Å². The molecular formula is C13H22O4. The Morgan fingerprint density at radius 2 is 1.76 bits per heavy atom. The first kappa shape index (κ1) is 14.0. The Hall–Kier alpha value is -1.06. The molecule has 0 aromatic heterocycles. The van der Waals surface area contributed by atoms with E-state index in [1.165, 1.54) is 0 Å². The second kappa shape index (κ2) is 6.62. The maximum absolute atomic E-state index is 11.8. The van der Waals surface area contributed by atoms with E-state index in [0.717, 1.165) is 19.3 Å². The van der Waals surface area contributed by atoms with Crippen molar-refractivity contribution in [3.05, 3.63) is 0 Å². The molecule has 1 rings (SSSR count). The van der Waals surface area contributed by atoms with Crippen LogP contribution in [0.4, 0.5) is 0 Å². The second-order valence-corrected chi connectivity index (χ2v) is 4.80. The lowest BCUT2D eigenvalue weighted by atomic mass is 9.81. The summed E-state index contributed by atoms with van der Waals surface area (Å²) in [6, 6.07) is 0. The van der Waals surface area contributed by atoms with Gasteiger partial charge in [0, 0.05) is 0 Å². The van der Waals surface area contributed by atoms with Crippen LogP contribution in [0.5, 0.6) is 0 Å². The van der Waals surface area contributed by atoms with E-state index >= 15 is 0 Å². The highest BCUT2D eigenvalue weighted by Gasteiger charge is 2.33. The maximum atomic E-state index is 11.8. The monoisotopic (exact) mass is 242 g/mol. The number of hydrogen-bond donors (Lipinski definition) is 0. The van der Waals surface area contributed by atoms with E-state index in [1.54, 1.807) is 6.92 Å². The molecule has 1 saturated carbocycles. The third-order valence-electron chi connectivity index (χ3n) is 2.98. The van der Waals surface area contributed by atoms with Crippen LogP contribution in [0.15, 0.2) is 0 Å². The minimum Gasteiger partial charge on any atom is -0.466 e. The van der Waals surface area contributed by atoms with Gasteiger partial charge in [0.15, 0.2) is 0 Å². The molecule has 0 aromatic carbocycles. The SMILES string of the molecule is CCOC(=O)C1CCCC(C(=O)OC(C)C)C1. The first-order valence-electron chi connectivity index (χ1n) is 6.41. The van der Waals surface area contributed by atoms with Crippen molar-refractivity contribution in [1.29, 1.82) is 0 Å². The summed E-state index contributed by atoms with van der Waals surface area (Å²) >= 11 is 0. The minimum absolute atomic E-state index is 0.0922. The molecule has 0 aliphatic heterocycles. The Balaban J connectivity index is 2.48. The molecule has 0 saturated heterocycles. The molecule has 0 radical (unpaired) electrons. The van der Waals surface area contributed by atoms with Crippen molar-refractivity contribution in [2.75, 3.05) is 6.61 Å². The summed E-state index contributed by atoms with van der Waals surface area (Å²) < 4.78 is 10.2. The van der Waals surface area contributed by atoms with Crippen molar-refractivity contribution in [3.8, 4) is 0 Å². The minimum atomic E-state index is -0.172. The summed E-state index contributed by atoms with van der Waals surface area (Å²) in [5.41, 5.74) is 0. The van der Waals surface area contributed by atoms with Crippen LogP contribution in [0, 0.1) is 11.8 Å². The van der Waals surface area contributed by atoms with Gasteiger partial charge in [-0.3, -0.25) is 9.59 Å². The zero-order valence-electron chi connectivity index (χ0n) is 10.9. The van der Waals surface area contributed by atoms with Gasteiger partial charge >= 0.3 is 11.9 Å². The van der Waals surface area contributed by atoms with Crippen molar-refractivity contribution in [1.82, 2.24) is 0 Å². The lowest BCUT2D eigenvalue weighted by molar-refractivity contribution is -0.157. The third kappa shape index (κ3) is 4.36. The van der Waals surface area contributed by atoms with Crippen LogP contribution in [-0.2, 0) is 19.1 Å². The van der Waals surface area contributed by atoms with E-state index in [2.05, 4.69) is 0 Å². The van der Waals surface area contributed by atoms with E-state index in [0.29, 0.717) is 13.0 Å². The van der Waals surface area contributed by atoms with E-state index in [4.69, 9.17) is 9.47 Å². The number of ether oxygens (including phenoxy) is 2. The van der Waals surface area contributed by atoms with Gasteiger partial charge in [-0.25, -0.2) is 0 Å². The van der Waals surface area contributed by atoms with Gasteiger partial charge < -0.3 is 9.47 Å². The third-order valence-corrected chi connectivity index (χ3v) is 2.98. The number of carbonyl (C=O) groups is 2. The largest absolute Gasteiger partial charge is 0.466 e. The van der Waals surface area contributed by atoms with Crippen molar-refractivity contribution in [2.45, 2.75) is 52.6 Å². The van der Waals surface area contributed by atoms with Crippen molar-refractivity contribution >= 4 is 11.9 Å². The normalized spacial score (nSPS) is 24.5. The number of rotatable bonds is 4. The number of hydrogen-bond acceptors (Lipinski definition) is 4. The average Bonchev–Trinajstić information content (AvgIpc) is 2.28. The molecule has 4 heteroatoms. The Morgan fingerprint density at radius 1 is 1.18 bits per heavy atom. The highest BCUT2D eigenvalue weighted by Crippen LogP contribution is 2.30. The zero-order valence-corrected chi connectivity index (χ0v) is 10.9. The smallest absolute Gasteiger partial charge is 0.309 e. The van der Waals surface area contributed by atoms with E-state index in [1.807, 2.05) is 13.8 Å². The van der Waals surface area contributed by atoms with Gasteiger partial charge in [-0.15, -0.1) is 0 Å². The Kier molecular flexibility index (Phi) is 5.45. The summed E-state index contributed by atoms with van der Waals surface area (Å²) in [7, 11) is 0. The summed E-state index contributed by atoms with van der Waals surface area (Å²) in [6.07, 6.45) is 3.02. The summed E-state index contributed by atoms with van der Waals surface area (Å²) in [6.45, 7) is 5.87. The van der Waals surface area contributed by atoms with Gasteiger partial charge in [0.05, 0.1) is 24.5 Å². The van der Waals surface area contributed by atoms with Gasteiger partial charge in [0.1, 0.15) is 0 Å². The fourth-order valence-corrected chi connectivity index (χ4v) is 2.21. The predicted octanol–water partition coefficient (Wildman–Crippen LogP) is 2.31. The molecule has 98 valence electrons. The van der Waals surface area contributed by atoms with Gasteiger partial charge in [0.25, 0.3) is 0 Å². The van der Waals surface area contributed by atoms with Crippen LogP contribution in [0.2, 0.25) is 0 Å². The molecule has 1 fully saturated rings. The van der Waals surface area contributed by atoms with Gasteiger partial charge in [-0.1, -0.05) is 6.42 Å². The molecule has 1 aliphatic rings. The highest BCUT2D eigenvalue weighted by molar-refractivity contribution is 5.76. The maximum Gasteiger partial charge on any atom is 0.309 e. The molecule has 2 atom stereocenters. The lowest BCUT2D eigenvalue weighted by Gasteiger charge is -2.26. The van der Waals surface area contributed by atoms with Crippen molar-refractivity contribution in [3.63, 3.8) is 0 Å². The van der Waals surface area contributed by atoms with E-state index in [9.17, 15) is 9.59 Å². The summed E-state index contributed by atoms with van der Waals surface area (Å²) in [4.78, 5) is 23.4. The van der Waals surface area contributed by atoms with Crippen LogP contribution in [0.25, 0.3) is 0 Å². The Labute approximate surface area is 103 Å². The zero-order chi connectivity index (χ0) is 12.8. The van der Waals surface area contributed by atoms with Crippen LogP contribution < -0.4 is 0 Å². The number of carbonyl (C=O) groups excluding carboxylic acids is 2. The Morgan fingerprint density at radius 3 is 2.29 bits per heavy atom. The lowest BCUT2D eigenvalue weighted by Crippen LogP contribution is -2.30.